The normalized spacial score (nSPS) is 12.1. The topological polar surface area (TPSA) is 81.9 Å². The molecular formula is C16H16ClN5O2. The van der Waals surface area contributed by atoms with Gasteiger partial charge in [0.05, 0.1) is 18.7 Å². The molecule has 0 fully saturated rings. The van der Waals surface area contributed by atoms with E-state index in [-0.39, 0.29) is 11.9 Å². The molecular weight excluding hydrogens is 330 g/mol. The highest BCUT2D eigenvalue weighted by atomic mass is 35.5. The van der Waals surface area contributed by atoms with Gasteiger partial charge in [0.25, 0.3) is 5.91 Å². The van der Waals surface area contributed by atoms with Crippen LogP contribution in [0.4, 0.5) is 0 Å². The number of aromatic nitrogens is 4. The zero-order valence-electron chi connectivity index (χ0n) is 13.2. The van der Waals surface area contributed by atoms with Crippen molar-refractivity contribution in [2.45, 2.75) is 13.0 Å². The second-order valence-electron chi connectivity index (χ2n) is 5.30. The van der Waals surface area contributed by atoms with E-state index in [9.17, 15) is 4.79 Å². The predicted molar refractivity (Wildman–Crippen MR) is 90.4 cm³/mol. The fraction of sp³-hybridized carbons (Fsp3) is 0.250. The Morgan fingerprint density at radius 1 is 1.46 bits per heavy atom. The molecule has 0 aliphatic rings. The van der Waals surface area contributed by atoms with Gasteiger partial charge in [-0.25, -0.2) is 9.67 Å². The van der Waals surface area contributed by atoms with E-state index in [1.165, 1.54) is 19.6 Å². The highest BCUT2D eigenvalue weighted by molar-refractivity contribution is 6.31. The second kappa shape index (κ2) is 6.84. The van der Waals surface area contributed by atoms with Crippen LogP contribution in [0.3, 0.4) is 0 Å². The van der Waals surface area contributed by atoms with Crippen molar-refractivity contribution in [2.75, 3.05) is 13.7 Å². The fourth-order valence-corrected chi connectivity index (χ4v) is 2.56. The summed E-state index contributed by atoms with van der Waals surface area (Å²) >= 11 is 5.98. The highest BCUT2D eigenvalue weighted by Crippen LogP contribution is 2.29. The van der Waals surface area contributed by atoms with Crippen LogP contribution in [0.15, 0.2) is 37.1 Å². The molecule has 3 rings (SSSR count). The molecule has 3 aromatic rings. The summed E-state index contributed by atoms with van der Waals surface area (Å²) in [6.45, 7) is 2.34. The molecule has 1 N–H and O–H groups in total. The summed E-state index contributed by atoms with van der Waals surface area (Å²) in [5.41, 5.74) is 1.05. The number of nitrogens with zero attached hydrogens (tertiary/aromatic N) is 4. The molecule has 24 heavy (non-hydrogen) atoms. The van der Waals surface area contributed by atoms with Crippen LogP contribution in [0.1, 0.15) is 23.3 Å². The van der Waals surface area contributed by atoms with Gasteiger partial charge < -0.3 is 10.1 Å². The molecule has 1 amide bonds. The van der Waals surface area contributed by atoms with Gasteiger partial charge in [-0.1, -0.05) is 11.6 Å². The number of pyridine rings is 1. The van der Waals surface area contributed by atoms with Gasteiger partial charge in [0.1, 0.15) is 24.0 Å². The second-order valence-corrected chi connectivity index (χ2v) is 5.74. The van der Waals surface area contributed by atoms with Gasteiger partial charge in [-0.3, -0.25) is 9.78 Å². The highest BCUT2D eigenvalue weighted by Gasteiger charge is 2.17. The molecule has 1 atom stereocenters. The van der Waals surface area contributed by atoms with Crippen molar-refractivity contribution < 1.29 is 9.53 Å². The van der Waals surface area contributed by atoms with Crippen LogP contribution >= 0.6 is 11.6 Å². The fourth-order valence-electron chi connectivity index (χ4n) is 2.40. The summed E-state index contributed by atoms with van der Waals surface area (Å²) in [4.78, 5) is 20.7. The largest absolute Gasteiger partial charge is 0.495 e. The minimum atomic E-state index is -0.261. The average molecular weight is 346 g/mol. The maximum Gasteiger partial charge on any atom is 0.256 e. The van der Waals surface area contributed by atoms with E-state index in [1.807, 2.05) is 6.92 Å². The van der Waals surface area contributed by atoms with E-state index in [4.69, 9.17) is 16.3 Å². The Kier molecular flexibility index (Phi) is 4.61. The number of fused-ring (bicyclic) bond motifs is 1. The van der Waals surface area contributed by atoms with Crippen LogP contribution < -0.4 is 10.1 Å². The zero-order valence-corrected chi connectivity index (χ0v) is 14.0. The first-order valence-corrected chi connectivity index (χ1v) is 7.72. The Balaban J connectivity index is 1.83. The molecule has 0 unspecified atom stereocenters. The maximum atomic E-state index is 12.5. The van der Waals surface area contributed by atoms with Crippen LogP contribution in [0.5, 0.6) is 5.75 Å². The van der Waals surface area contributed by atoms with Crippen LogP contribution in [0, 0.1) is 0 Å². The van der Waals surface area contributed by atoms with Gasteiger partial charge in [-0.2, -0.15) is 5.10 Å². The molecule has 0 saturated heterocycles. The van der Waals surface area contributed by atoms with E-state index in [0.717, 1.165) is 5.39 Å². The van der Waals surface area contributed by atoms with E-state index >= 15 is 0 Å². The lowest BCUT2D eigenvalue weighted by Gasteiger charge is -2.14. The number of benzene rings is 1. The summed E-state index contributed by atoms with van der Waals surface area (Å²) in [5.74, 6) is 0.214. The molecule has 2 heterocycles. The standard InChI is InChI=1S/C16H16ClN5O2/c1-10(22-9-18-8-21-22)6-20-16(23)13-7-19-14-5-11(17)3-4-12(14)15(13)24-2/h3-5,7-10H,6H2,1-2H3,(H,20,23)/t10-/m0/s1. The monoisotopic (exact) mass is 345 g/mol. The smallest absolute Gasteiger partial charge is 0.256 e. The first-order chi connectivity index (χ1) is 11.6. The Bertz CT molecular complexity index is 866. The molecule has 0 bridgehead atoms. The van der Waals surface area contributed by atoms with Crippen molar-refractivity contribution in [3.8, 4) is 5.75 Å². The van der Waals surface area contributed by atoms with E-state index in [1.54, 1.807) is 29.2 Å². The van der Waals surface area contributed by atoms with E-state index in [0.29, 0.717) is 28.4 Å². The Morgan fingerprint density at radius 2 is 2.29 bits per heavy atom. The lowest BCUT2D eigenvalue weighted by Crippen LogP contribution is -2.30. The number of ether oxygens (including phenoxy) is 1. The summed E-state index contributed by atoms with van der Waals surface area (Å²) < 4.78 is 7.11. The number of carbonyl (C=O) groups is 1. The van der Waals surface area contributed by atoms with Crippen molar-refractivity contribution in [2.24, 2.45) is 0 Å². The molecule has 0 radical (unpaired) electrons. The molecule has 1 aromatic carbocycles. The summed E-state index contributed by atoms with van der Waals surface area (Å²) in [6, 6.07) is 5.24. The number of carbonyl (C=O) groups excluding carboxylic acids is 1. The molecule has 7 nitrogen and oxygen atoms in total. The number of hydrogen-bond acceptors (Lipinski definition) is 5. The van der Waals surface area contributed by atoms with Gasteiger partial charge >= 0.3 is 0 Å². The SMILES string of the molecule is COc1c(C(=O)NC[C@H](C)n2cncn2)cnc2cc(Cl)ccc12. The number of rotatable bonds is 5. The number of amides is 1. The number of hydrogen-bond donors (Lipinski definition) is 1. The first-order valence-electron chi connectivity index (χ1n) is 7.34. The molecule has 0 saturated carbocycles. The molecule has 0 aliphatic heterocycles. The van der Waals surface area contributed by atoms with Crippen molar-refractivity contribution in [3.63, 3.8) is 0 Å². The van der Waals surface area contributed by atoms with Gasteiger partial charge in [0.2, 0.25) is 0 Å². The maximum absolute atomic E-state index is 12.5. The lowest BCUT2D eigenvalue weighted by molar-refractivity contribution is 0.0944. The minimum absolute atomic E-state index is 0.0188. The van der Waals surface area contributed by atoms with Crippen LogP contribution in [0.2, 0.25) is 5.02 Å². The summed E-state index contributed by atoms with van der Waals surface area (Å²) in [6.07, 6.45) is 4.56. The molecule has 8 heteroatoms. The first kappa shape index (κ1) is 16.2. The third kappa shape index (κ3) is 3.16. The number of halogens is 1. The summed E-state index contributed by atoms with van der Waals surface area (Å²) in [5, 5.41) is 8.23. The van der Waals surface area contributed by atoms with Gasteiger partial charge in [0, 0.05) is 23.2 Å². The minimum Gasteiger partial charge on any atom is -0.495 e. The Morgan fingerprint density at radius 3 is 3.00 bits per heavy atom. The Labute approximate surface area is 143 Å². The molecule has 2 aromatic heterocycles. The van der Waals surface area contributed by atoms with Crippen LogP contribution in [-0.4, -0.2) is 39.3 Å². The lowest BCUT2D eigenvalue weighted by atomic mass is 10.1. The van der Waals surface area contributed by atoms with Crippen molar-refractivity contribution in [3.05, 3.63) is 47.6 Å². The van der Waals surface area contributed by atoms with Crippen molar-refractivity contribution in [1.29, 1.82) is 0 Å². The van der Waals surface area contributed by atoms with Gasteiger partial charge in [0.15, 0.2) is 0 Å². The van der Waals surface area contributed by atoms with Crippen LogP contribution in [0.25, 0.3) is 10.9 Å². The summed E-state index contributed by atoms with van der Waals surface area (Å²) in [7, 11) is 1.53. The third-order valence-corrected chi connectivity index (χ3v) is 3.91. The predicted octanol–water partition coefficient (Wildman–Crippen LogP) is 2.48. The molecule has 0 aliphatic carbocycles. The molecule has 124 valence electrons. The Hall–Kier alpha value is -2.67. The average Bonchev–Trinajstić information content (AvgIpc) is 3.12. The van der Waals surface area contributed by atoms with E-state index < -0.39 is 0 Å². The van der Waals surface area contributed by atoms with Crippen molar-refractivity contribution >= 4 is 28.4 Å². The van der Waals surface area contributed by atoms with Gasteiger partial charge in [-0.15, -0.1) is 0 Å². The zero-order chi connectivity index (χ0) is 17.1. The van der Waals surface area contributed by atoms with E-state index in [2.05, 4.69) is 20.4 Å². The van der Waals surface area contributed by atoms with Crippen molar-refractivity contribution in [1.82, 2.24) is 25.1 Å². The number of nitrogens with one attached hydrogen (secondary N) is 1. The molecule has 0 spiro atoms. The third-order valence-electron chi connectivity index (χ3n) is 3.68. The quantitative estimate of drug-likeness (QED) is 0.768. The van der Waals surface area contributed by atoms with Gasteiger partial charge in [-0.05, 0) is 25.1 Å². The number of methoxy groups -OCH3 is 1. The van der Waals surface area contributed by atoms with Crippen LogP contribution in [-0.2, 0) is 0 Å².